The monoisotopic (exact) mass is 314 g/mol. The SMILES string of the molecule is Oc1cccc(C=CCOCC=Cc2cccc(O)c2O)c1O. The Bertz CT molecular complexity index is 658. The third kappa shape index (κ3) is 4.52. The molecule has 4 N–H and O–H groups in total. The van der Waals surface area contributed by atoms with Gasteiger partial charge in [0.1, 0.15) is 0 Å². The lowest BCUT2D eigenvalue weighted by molar-refractivity contribution is 0.195. The maximum Gasteiger partial charge on any atom is 0.164 e. The van der Waals surface area contributed by atoms with E-state index in [2.05, 4.69) is 0 Å². The van der Waals surface area contributed by atoms with Crippen LogP contribution in [0.25, 0.3) is 12.2 Å². The average Bonchev–Trinajstić information content (AvgIpc) is 2.54. The number of hydrogen-bond donors (Lipinski definition) is 4. The van der Waals surface area contributed by atoms with Crippen LogP contribution < -0.4 is 0 Å². The highest BCUT2D eigenvalue weighted by Crippen LogP contribution is 2.29. The minimum absolute atomic E-state index is 0.164. The molecule has 0 fully saturated rings. The number of benzene rings is 2. The zero-order valence-corrected chi connectivity index (χ0v) is 12.4. The van der Waals surface area contributed by atoms with E-state index in [0.717, 1.165) is 0 Å². The van der Waals surface area contributed by atoms with E-state index >= 15 is 0 Å². The predicted molar refractivity (Wildman–Crippen MR) is 88.4 cm³/mol. The van der Waals surface area contributed by atoms with Gasteiger partial charge in [0.05, 0.1) is 13.2 Å². The molecule has 0 saturated heterocycles. The molecule has 5 nitrogen and oxygen atoms in total. The number of ether oxygens (including phenoxy) is 1. The Morgan fingerprint density at radius 3 is 1.57 bits per heavy atom. The second-order valence-electron chi connectivity index (χ2n) is 4.77. The summed E-state index contributed by atoms with van der Waals surface area (Å²) in [6.07, 6.45) is 6.74. The molecule has 0 spiro atoms. The van der Waals surface area contributed by atoms with Crippen LogP contribution in [0.1, 0.15) is 11.1 Å². The Morgan fingerprint density at radius 2 is 1.13 bits per heavy atom. The largest absolute Gasteiger partial charge is 0.504 e. The normalized spacial score (nSPS) is 11.5. The molecule has 0 aliphatic carbocycles. The van der Waals surface area contributed by atoms with Crippen LogP contribution in [-0.2, 0) is 4.74 Å². The van der Waals surface area contributed by atoms with Gasteiger partial charge in [0.15, 0.2) is 23.0 Å². The summed E-state index contributed by atoms with van der Waals surface area (Å²) in [6.45, 7) is 0.650. The highest BCUT2D eigenvalue weighted by Gasteiger charge is 2.02. The average molecular weight is 314 g/mol. The first-order chi connectivity index (χ1) is 11.1. The zero-order valence-electron chi connectivity index (χ0n) is 12.4. The van der Waals surface area contributed by atoms with E-state index in [1.165, 1.54) is 12.1 Å². The predicted octanol–water partition coefficient (Wildman–Crippen LogP) is 3.25. The fourth-order valence-corrected chi connectivity index (χ4v) is 1.92. The molecule has 2 rings (SSSR count). The second kappa shape index (κ2) is 7.91. The number of phenolic OH excluding ortho intramolecular Hbond substituents is 4. The maximum atomic E-state index is 9.62. The molecule has 0 atom stereocenters. The molecule has 2 aromatic carbocycles. The molecule has 0 aliphatic rings. The first kappa shape index (κ1) is 16.5. The van der Waals surface area contributed by atoms with Gasteiger partial charge in [0, 0.05) is 11.1 Å². The van der Waals surface area contributed by atoms with E-state index in [1.54, 1.807) is 48.6 Å². The number of hydrogen-bond acceptors (Lipinski definition) is 5. The highest BCUT2D eigenvalue weighted by molar-refractivity contribution is 5.62. The van der Waals surface area contributed by atoms with Crippen molar-refractivity contribution < 1.29 is 25.2 Å². The van der Waals surface area contributed by atoms with Gasteiger partial charge in [-0.1, -0.05) is 48.6 Å². The third-order valence-electron chi connectivity index (χ3n) is 3.11. The lowest BCUT2D eigenvalue weighted by atomic mass is 10.1. The van der Waals surface area contributed by atoms with Crippen LogP contribution >= 0.6 is 0 Å². The first-order valence-electron chi connectivity index (χ1n) is 7.02. The quantitative estimate of drug-likeness (QED) is 0.485. The number of aromatic hydroxyl groups is 4. The zero-order chi connectivity index (χ0) is 16.7. The van der Waals surface area contributed by atoms with E-state index < -0.39 is 0 Å². The van der Waals surface area contributed by atoms with Crippen LogP contribution in [-0.4, -0.2) is 33.6 Å². The fraction of sp³-hybridized carbons (Fsp3) is 0.111. The summed E-state index contributed by atoms with van der Waals surface area (Å²) in [6, 6.07) is 9.45. The van der Waals surface area contributed by atoms with Crippen molar-refractivity contribution in [1.29, 1.82) is 0 Å². The topological polar surface area (TPSA) is 90.2 Å². The summed E-state index contributed by atoms with van der Waals surface area (Å²) in [5.74, 6) is -0.658. The van der Waals surface area contributed by atoms with Gasteiger partial charge >= 0.3 is 0 Å². The molecular formula is C18H18O5. The van der Waals surface area contributed by atoms with Gasteiger partial charge in [0.2, 0.25) is 0 Å². The Morgan fingerprint density at radius 1 is 0.696 bits per heavy atom. The molecule has 23 heavy (non-hydrogen) atoms. The van der Waals surface area contributed by atoms with Gasteiger partial charge in [-0.2, -0.15) is 0 Å². The molecule has 0 heterocycles. The van der Waals surface area contributed by atoms with E-state index in [-0.39, 0.29) is 23.0 Å². The van der Waals surface area contributed by atoms with Gasteiger partial charge in [-0.3, -0.25) is 0 Å². The van der Waals surface area contributed by atoms with Gasteiger partial charge in [-0.25, -0.2) is 0 Å². The molecule has 0 amide bonds. The smallest absolute Gasteiger partial charge is 0.164 e. The van der Waals surface area contributed by atoms with Gasteiger partial charge in [0.25, 0.3) is 0 Å². The van der Waals surface area contributed by atoms with Crippen LogP contribution in [0.3, 0.4) is 0 Å². The van der Waals surface area contributed by atoms with Crippen LogP contribution in [0.4, 0.5) is 0 Å². The van der Waals surface area contributed by atoms with Crippen LogP contribution in [0.15, 0.2) is 48.6 Å². The van der Waals surface area contributed by atoms with Crippen LogP contribution in [0, 0.1) is 0 Å². The molecule has 5 heteroatoms. The van der Waals surface area contributed by atoms with Crippen molar-refractivity contribution in [1.82, 2.24) is 0 Å². The van der Waals surface area contributed by atoms with Crippen LogP contribution in [0.2, 0.25) is 0 Å². The van der Waals surface area contributed by atoms with Crippen molar-refractivity contribution in [2.75, 3.05) is 13.2 Å². The summed E-state index contributed by atoms with van der Waals surface area (Å²) in [4.78, 5) is 0. The minimum Gasteiger partial charge on any atom is -0.504 e. The minimum atomic E-state index is -0.165. The molecule has 0 radical (unpaired) electrons. The summed E-state index contributed by atoms with van der Waals surface area (Å²) < 4.78 is 5.36. The standard InChI is InChI=1S/C18H18O5/c19-15-9-1-5-13(17(15)21)7-3-11-23-12-4-8-14-6-2-10-16(20)18(14)22/h1-10,19-22H,11-12H2. The van der Waals surface area contributed by atoms with Crippen molar-refractivity contribution in [3.63, 3.8) is 0 Å². The Kier molecular flexibility index (Phi) is 5.66. The summed E-state index contributed by atoms with van der Waals surface area (Å²) in [7, 11) is 0. The van der Waals surface area contributed by atoms with E-state index in [0.29, 0.717) is 24.3 Å². The lowest BCUT2D eigenvalue weighted by Gasteiger charge is -2.02. The molecule has 0 saturated carbocycles. The van der Waals surface area contributed by atoms with Gasteiger partial charge in [-0.05, 0) is 12.1 Å². The van der Waals surface area contributed by atoms with Gasteiger partial charge in [-0.15, -0.1) is 0 Å². The molecule has 0 unspecified atom stereocenters. The fourth-order valence-electron chi connectivity index (χ4n) is 1.92. The van der Waals surface area contributed by atoms with E-state index in [1.807, 2.05) is 0 Å². The number of para-hydroxylation sites is 2. The lowest BCUT2D eigenvalue weighted by Crippen LogP contribution is -1.90. The van der Waals surface area contributed by atoms with Crippen molar-refractivity contribution in [3.8, 4) is 23.0 Å². The molecule has 0 aliphatic heterocycles. The molecule has 0 aromatic heterocycles. The first-order valence-corrected chi connectivity index (χ1v) is 7.02. The molecule has 2 aromatic rings. The molecular weight excluding hydrogens is 296 g/mol. The van der Waals surface area contributed by atoms with Crippen LogP contribution in [0.5, 0.6) is 23.0 Å². The van der Waals surface area contributed by atoms with Crippen molar-refractivity contribution in [2.45, 2.75) is 0 Å². The number of phenols is 4. The van der Waals surface area contributed by atoms with Crippen molar-refractivity contribution >= 4 is 12.2 Å². The summed E-state index contributed by atoms with van der Waals surface area (Å²) in [5.41, 5.74) is 1.02. The van der Waals surface area contributed by atoms with Crippen molar-refractivity contribution in [3.05, 3.63) is 59.7 Å². The highest BCUT2D eigenvalue weighted by atomic mass is 16.5. The van der Waals surface area contributed by atoms with E-state index in [9.17, 15) is 20.4 Å². The number of rotatable bonds is 6. The maximum absolute atomic E-state index is 9.62. The van der Waals surface area contributed by atoms with E-state index in [4.69, 9.17) is 4.74 Å². The summed E-state index contributed by atoms with van der Waals surface area (Å²) >= 11 is 0. The Hall–Kier alpha value is -2.92. The van der Waals surface area contributed by atoms with Crippen molar-refractivity contribution in [2.24, 2.45) is 0 Å². The molecule has 120 valence electrons. The Labute approximate surface area is 134 Å². The third-order valence-corrected chi connectivity index (χ3v) is 3.11. The molecule has 0 bridgehead atoms. The van der Waals surface area contributed by atoms with Gasteiger partial charge < -0.3 is 25.2 Å². The summed E-state index contributed by atoms with van der Waals surface area (Å²) in [5, 5.41) is 38.0. The second-order valence-corrected chi connectivity index (χ2v) is 4.77. The Balaban J connectivity index is 1.79.